The van der Waals surface area contributed by atoms with E-state index in [1.165, 1.54) is 32.7 Å². The largest absolute Gasteiger partial charge is 0.384 e. The minimum Gasteiger partial charge on any atom is -0.384 e. The Kier molecular flexibility index (Phi) is 2.53. The number of benzene rings is 3. The fourth-order valence-corrected chi connectivity index (χ4v) is 2.78. The number of nitrogen functional groups attached to an aromatic ring is 1. The average molecular weight is 248 g/mol. The zero-order valence-corrected chi connectivity index (χ0v) is 11.1. The summed E-state index contributed by atoms with van der Waals surface area (Å²) in [5.74, 6) is 0.118. The molecule has 0 heterocycles. The predicted molar refractivity (Wildman–Crippen MR) is 81.9 cm³/mol. The lowest BCUT2D eigenvalue weighted by Crippen LogP contribution is -2.10. The molecule has 0 saturated carbocycles. The van der Waals surface area contributed by atoms with Gasteiger partial charge in [0.25, 0.3) is 0 Å². The van der Waals surface area contributed by atoms with E-state index in [4.69, 9.17) is 11.1 Å². The predicted octanol–water partition coefficient (Wildman–Crippen LogP) is 3.89. The lowest BCUT2D eigenvalue weighted by molar-refractivity contribution is 1.43. The van der Waals surface area contributed by atoms with E-state index in [-0.39, 0.29) is 5.84 Å². The Hall–Kier alpha value is -2.35. The van der Waals surface area contributed by atoms with Crippen molar-refractivity contribution < 1.29 is 0 Å². The van der Waals surface area contributed by atoms with Crippen LogP contribution in [0.1, 0.15) is 16.7 Å². The van der Waals surface area contributed by atoms with Gasteiger partial charge in [-0.2, -0.15) is 0 Å². The van der Waals surface area contributed by atoms with E-state index in [9.17, 15) is 0 Å². The Balaban J connectivity index is 2.52. The Bertz CT molecular complexity index is 816. The van der Waals surface area contributed by atoms with E-state index in [1.54, 1.807) is 0 Å². The number of nitrogens with one attached hydrogen (secondary N) is 1. The number of amidine groups is 1. The highest BCUT2D eigenvalue weighted by atomic mass is 14.7. The van der Waals surface area contributed by atoms with Gasteiger partial charge in [0, 0.05) is 5.56 Å². The number of hydrogen-bond acceptors (Lipinski definition) is 1. The van der Waals surface area contributed by atoms with Crippen molar-refractivity contribution in [2.24, 2.45) is 5.73 Å². The Morgan fingerprint density at radius 1 is 0.842 bits per heavy atom. The third kappa shape index (κ3) is 1.68. The van der Waals surface area contributed by atoms with Crippen LogP contribution in [-0.2, 0) is 0 Å². The molecule has 0 aliphatic rings. The molecule has 0 radical (unpaired) electrons. The van der Waals surface area contributed by atoms with E-state index < -0.39 is 0 Å². The molecule has 3 aromatic carbocycles. The Morgan fingerprint density at radius 3 is 1.95 bits per heavy atom. The summed E-state index contributed by atoms with van der Waals surface area (Å²) in [6, 6.07) is 14.5. The molecule has 2 nitrogen and oxygen atoms in total. The average Bonchev–Trinajstić information content (AvgIpc) is 2.44. The van der Waals surface area contributed by atoms with Gasteiger partial charge in [-0.1, -0.05) is 36.4 Å². The Labute approximate surface area is 112 Å². The summed E-state index contributed by atoms with van der Waals surface area (Å²) in [5, 5.41) is 12.6. The lowest BCUT2D eigenvalue weighted by atomic mass is 9.92. The molecule has 0 atom stereocenters. The molecule has 0 aliphatic heterocycles. The van der Waals surface area contributed by atoms with E-state index >= 15 is 0 Å². The molecule has 0 aromatic heterocycles. The molecule has 0 unspecified atom stereocenters. The maximum atomic E-state index is 7.58. The van der Waals surface area contributed by atoms with Crippen LogP contribution < -0.4 is 5.73 Å². The molecular formula is C17H16N2. The van der Waals surface area contributed by atoms with Crippen molar-refractivity contribution in [3.63, 3.8) is 0 Å². The molecule has 3 rings (SSSR count). The summed E-state index contributed by atoms with van der Waals surface area (Å²) in [6.07, 6.45) is 0. The van der Waals surface area contributed by atoms with Crippen molar-refractivity contribution in [1.29, 1.82) is 5.41 Å². The molecule has 0 aliphatic carbocycles. The van der Waals surface area contributed by atoms with E-state index in [1.807, 2.05) is 12.1 Å². The monoisotopic (exact) mass is 248 g/mol. The molecule has 19 heavy (non-hydrogen) atoms. The number of nitrogens with two attached hydrogens (primary N) is 1. The van der Waals surface area contributed by atoms with Gasteiger partial charge in [-0.3, -0.25) is 5.41 Å². The summed E-state index contributed by atoms with van der Waals surface area (Å²) in [6.45, 7) is 4.28. The highest BCUT2D eigenvalue weighted by Gasteiger charge is 2.09. The minimum absolute atomic E-state index is 0.118. The summed E-state index contributed by atoms with van der Waals surface area (Å²) in [4.78, 5) is 0. The van der Waals surface area contributed by atoms with Gasteiger partial charge in [0.05, 0.1) is 0 Å². The second-order valence-corrected chi connectivity index (χ2v) is 4.97. The third-order valence-electron chi connectivity index (χ3n) is 3.87. The smallest absolute Gasteiger partial charge is 0.122 e. The normalized spacial score (nSPS) is 11.1. The standard InChI is InChI=1S/C17H16N2/c1-10-13-5-3-4-6-14(13)11(2)16-9-12(17(18)19)7-8-15(10)16/h3-9H,1-2H3,(H3,18,19). The van der Waals surface area contributed by atoms with Gasteiger partial charge in [0.15, 0.2) is 0 Å². The van der Waals surface area contributed by atoms with Crippen LogP contribution in [0.25, 0.3) is 21.5 Å². The zero-order chi connectivity index (χ0) is 13.6. The first kappa shape index (κ1) is 11.7. The summed E-state index contributed by atoms with van der Waals surface area (Å²) in [7, 11) is 0. The van der Waals surface area contributed by atoms with Gasteiger partial charge in [0.2, 0.25) is 0 Å². The quantitative estimate of drug-likeness (QED) is 0.383. The van der Waals surface area contributed by atoms with Crippen LogP contribution in [0.3, 0.4) is 0 Å². The van der Waals surface area contributed by atoms with Gasteiger partial charge in [-0.05, 0) is 52.6 Å². The van der Waals surface area contributed by atoms with Gasteiger partial charge >= 0.3 is 0 Å². The molecule has 2 heteroatoms. The molecule has 0 amide bonds. The van der Waals surface area contributed by atoms with Gasteiger partial charge < -0.3 is 5.73 Å². The number of hydrogen-bond donors (Lipinski definition) is 2. The van der Waals surface area contributed by atoms with Crippen molar-refractivity contribution in [1.82, 2.24) is 0 Å². The molecule has 3 N–H and O–H groups in total. The summed E-state index contributed by atoms with van der Waals surface area (Å²) >= 11 is 0. The fraction of sp³-hybridized carbons (Fsp3) is 0.118. The van der Waals surface area contributed by atoms with Crippen LogP contribution in [0.2, 0.25) is 0 Å². The van der Waals surface area contributed by atoms with E-state index in [0.717, 1.165) is 5.56 Å². The van der Waals surface area contributed by atoms with Gasteiger partial charge in [-0.25, -0.2) is 0 Å². The van der Waals surface area contributed by atoms with E-state index in [2.05, 4.69) is 44.2 Å². The maximum Gasteiger partial charge on any atom is 0.122 e. The number of rotatable bonds is 1. The third-order valence-corrected chi connectivity index (χ3v) is 3.87. The van der Waals surface area contributed by atoms with Crippen molar-refractivity contribution in [2.45, 2.75) is 13.8 Å². The van der Waals surface area contributed by atoms with Gasteiger partial charge in [0.1, 0.15) is 5.84 Å². The fourth-order valence-electron chi connectivity index (χ4n) is 2.78. The van der Waals surface area contributed by atoms with Crippen LogP contribution in [0.5, 0.6) is 0 Å². The Morgan fingerprint density at radius 2 is 1.37 bits per heavy atom. The molecular weight excluding hydrogens is 232 g/mol. The second-order valence-electron chi connectivity index (χ2n) is 4.97. The highest BCUT2D eigenvalue weighted by molar-refractivity contribution is 6.08. The number of aryl methyl sites for hydroxylation is 2. The van der Waals surface area contributed by atoms with Gasteiger partial charge in [-0.15, -0.1) is 0 Å². The van der Waals surface area contributed by atoms with Crippen LogP contribution in [0.4, 0.5) is 0 Å². The van der Waals surface area contributed by atoms with Crippen molar-refractivity contribution in [3.8, 4) is 0 Å². The van der Waals surface area contributed by atoms with Crippen LogP contribution in [0, 0.1) is 19.3 Å². The second kappa shape index (κ2) is 4.09. The molecule has 0 saturated heterocycles. The first-order chi connectivity index (χ1) is 9.09. The van der Waals surface area contributed by atoms with Crippen LogP contribution in [-0.4, -0.2) is 5.84 Å². The summed E-state index contributed by atoms with van der Waals surface area (Å²) in [5.41, 5.74) is 8.90. The minimum atomic E-state index is 0.118. The molecule has 0 bridgehead atoms. The first-order valence-corrected chi connectivity index (χ1v) is 6.35. The maximum absolute atomic E-state index is 7.58. The topological polar surface area (TPSA) is 49.9 Å². The van der Waals surface area contributed by atoms with Crippen molar-refractivity contribution in [2.75, 3.05) is 0 Å². The molecule has 94 valence electrons. The molecule has 0 fully saturated rings. The van der Waals surface area contributed by atoms with E-state index in [0.29, 0.717) is 0 Å². The molecule has 3 aromatic rings. The lowest BCUT2D eigenvalue weighted by Gasteiger charge is -2.13. The highest BCUT2D eigenvalue weighted by Crippen LogP contribution is 2.32. The first-order valence-electron chi connectivity index (χ1n) is 6.35. The van der Waals surface area contributed by atoms with Crippen molar-refractivity contribution in [3.05, 3.63) is 59.2 Å². The summed E-state index contributed by atoms with van der Waals surface area (Å²) < 4.78 is 0. The van der Waals surface area contributed by atoms with Crippen molar-refractivity contribution >= 4 is 27.4 Å². The zero-order valence-electron chi connectivity index (χ0n) is 11.1. The number of fused-ring (bicyclic) bond motifs is 2. The van der Waals surface area contributed by atoms with Crippen LogP contribution in [0.15, 0.2) is 42.5 Å². The van der Waals surface area contributed by atoms with Crippen LogP contribution >= 0.6 is 0 Å². The SMILES string of the molecule is Cc1c2ccccc2c(C)c2cc(C(=N)N)ccc12. The molecule has 0 spiro atoms.